The van der Waals surface area contributed by atoms with Crippen molar-refractivity contribution in [2.45, 2.75) is 174 Å². The van der Waals surface area contributed by atoms with Crippen molar-refractivity contribution in [3.63, 3.8) is 0 Å². The van der Waals surface area contributed by atoms with Gasteiger partial charge < -0.3 is 36.9 Å². The predicted octanol–water partition coefficient (Wildman–Crippen LogP) is 7.50. The fourth-order valence-electron chi connectivity index (χ4n) is 6.28. The summed E-state index contributed by atoms with van der Waals surface area (Å²) in [4.78, 5) is 0. The predicted molar refractivity (Wildman–Crippen MR) is 173 cm³/mol. The smallest absolute Gasteiger partial charge is 0.428 e. The van der Waals surface area contributed by atoms with Crippen LogP contribution in [0, 0.1) is 0 Å². The van der Waals surface area contributed by atoms with E-state index in [1.54, 1.807) is 0 Å². The summed E-state index contributed by atoms with van der Waals surface area (Å²) in [6, 6.07) is 2.37. The molecule has 0 aromatic heterocycles. The van der Waals surface area contributed by atoms with E-state index >= 15 is 0 Å². The second-order valence-electron chi connectivity index (χ2n) is 17.4. The molecular formula is C27H60Al2O9Si3. The molecule has 0 aromatic carbocycles. The fraction of sp³-hybridized carbons (Fsp3) is 1.00. The molecule has 0 radical (unpaired) electrons. The Kier molecular flexibility index (Phi) is 11.8. The lowest BCUT2D eigenvalue weighted by molar-refractivity contribution is -0.368. The molecule has 0 aliphatic carbocycles. The van der Waals surface area contributed by atoms with Crippen LogP contribution in [0.2, 0.25) is 77.1 Å². The van der Waals surface area contributed by atoms with Gasteiger partial charge in [0.05, 0.1) is 24.2 Å². The highest BCUT2D eigenvalue weighted by Crippen LogP contribution is 2.41. The molecule has 14 heteroatoms. The van der Waals surface area contributed by atoms with Gasteiger partial charge in [-0.05, 0) is 80.4 Å². The third-order valence-corrected chi connectivity index (χ3v) is 15.6. The second-order valence-corrected chi connectivity index (χ2v) is 36.4. The van der Waals surface area contributed by atoms with Gasteiger partial charge in [-0.1, -0.05) is 58.9 Å². The van der Waals surface area contributed by atoms with E-state index in [2.05, 4.69) is 58.9 Å². The maximum absolute atomic E-state index is 6.76. The molecule has 2 rings (SSSR count). The van der Waals surface area contributed by atoms with Gasteiger partial charge in [0.1, 0.15) is 34.7 Å². The Balaban J connectivity index is 2.29. The lowest BCUT2D eigenvalue weighted by Gasteiger charge is -2.50. The van der Waals surface area contributed by atoms with Crippen LogP contribution >= 0.6 is 0 Å². The molecule has 240 valence electrons. The van der Waals surface area contributed by atoms with Gasteiger partial charge in [-0.3, -0.25) is 0 Å². The van der Waals surface area contributed by atoms with Crippen LogP contribution in [0.3, 0.4) is 0 Å². The lowest BCUT2D eigenvalue weighted by atomic mass is 10.3. The molecule has 2 aliphatic heterocycles. The molecule has 0 spiro atoms. The quantitative estimate of drug-likeness (QED) is 0.155. The van der Waals surface area contributed by atoms with Gasteiger partial charge in [0, 0.05) is 0 Å². The molecule has 41 heavy (non-hydrogen) atoms. The molecule has 9 nitrogen and oxygen atoms in total. The molecule has 0 N–H and O–H groups in total. The summed E-state index contributed by atoms with van der Waals surface area (Å²) < 4.78 is 58.1. The van der Waals surface area contributed by atoms with E-state index in [0.717, 1.165) is 12.1 Å². The minimum absolute atomic E-state index is 0.713. The van der Waals surface area contributed by atoms with Gasteiger partial charge in [0.2, 0.25) is 0 Å². The standard InChI is InChI=1S/3C9H20O3Si.2Al/c3*1-8(2,10)12-9(3,11)7-13(4,5)6;;/h3*7H2,1-6H3;;/q3*-2;2*+3. The number of ether oxygens (including phenoxy) is 3. The van der Waals surface area contributed by atoms with Gasteiger partial charge in [0.15, 0.2) is 0 Å². The van der Waals surface area contributed by atoms with E-state index < -0.39 is 89.2 Å². The first kappa shape index (κ1) is 38.5. The third-order valence-electron chi connectivity index (χ3n) is 6.12. The Morgan fingerprint density at radius 1 is 0.561 bits per heavy atom. The van der Waals surface area contributed by atoms with Crippen molar-refractivity contribution in [3.8, 4) is 0 Å². The summed E-state index contributed by atoms with van der Waals surface area (Å²) in [6.07, 6.45) is 0. The van der Waals surface area contributed by atoms with Crippen molar-refractivity contribution in [3.05, 3.63) is 0 Å². The van der Waals surface area contributed by atoms with Crippen molar-refractivity contribution < 1.29 is 36.9 Å². The Hall–Kier alpha value is 1.36. The number of hydrogen-bond acceptors (Lipinski definition) is 9. The van der Waals surface area contributed by atoms with E-state index in [1.807, 2.05) is 62.3 Å². The maximum Gasteiger partial charge on any atom is 0.911 e. The van der Waals surface area contributed by atoms with Crippen LogP contribution < -0.4 is 0 Å². The van der Waals surface area contributed by atoms with E-state index in [4.69, 9.17) is 36.9 Å². The molecule has 2 aliphatic rings. The van der Waals surface area contributed by atoms with E-state index in [-0.39, 0.29) is 0 Å². The van der Waals surface area contributed by atoms with E-state index in [0.29, 0.717) is 6.04 Å². The largest absolute Gasteiger partial charge is 0.911 e. The zero-order valence-electron chi connectivity index (χ0n) is 29.5. The Bertz CT molecular complexity index is 896. The molecule has 2 heterocycles. The van der Waals surface area contributed by atoms with E-state index in [9.17, 15) is 0 Å². The zero-order chi connectivity index (χ0) is 32.1. The van der Waals surface area contributed by atoms with Crippen molar-refractivity contribution in [1.82, 2.24) is 0 Å². The first-order valence-electron chi connectivity index (χ1n) is 15.0. The van der Waals surface area contributed by atoms with Gasteiger partial charge in [-0.25, -0.2) is 0 Å². The van der Waals surface area contributed by atoms with Crippen LogP contribution in [0.25, 0.3) is 0 Å². The topological polar surface area (TPSA) is 83.1 Å². The highest BCUT2D eigenvalue weighted by molar-refractivity contribution is 6.77. The molecule has 0 aromatic rings. The van der Waals surface area contributed by atoms with Crippen LogP contribution in [0.5, 0.6) is 0 Å². The summed E-state index contributed by atoms with van der Waals surface area (Å²) >= 11 is -5.39. The summed E-state index contributed by atoms with van der Waals surface area (Å²) in [7, 11) is -4.73. The summed E-state index contributed by atoms with van der Waals surface area (Å²) in [5.74, 6) is -5.32. The monoisotopic (exact) mass is 666 g/mol. The van der Waals surface area contributed by atoms with Crippen LogP contribution in [0.4, 0.5) is 0 Å². The molecule has 3 atom stereocenters. The van der Waals surface area contributed by atoms with Crippen LogP contribution in [-0.4, -0.2) is 89.2 Å². The van der Waals surface area contributed by atoms with Crippen LogP contribution in [-0.2, 0) is 36.9 Å². The first-order chi connectivity index (χ1) is 17.8. The van der Waals surface area contributed by atoms with Crippen molar-refractivity contribution >= 4 is 54.5 Å². The molecular weight excluding hydrogens is 607 g/mol. The average molecular weight is 667 g/mol. The van der Waals surface area contributed by atoms with Crippen LogP contribution in [0.1, 0.15) is 62.3 Å². The zero-order valence-corrected chi connectivity index (χ0v) is 34.8. The number of rotatable bonds is 12. The van der Waals surface area contributed by atoms with Gasteiger partial charge in [-0.15, -0.1) is 0 Å². The van der Waals surface area contributed by atoms with E-state index in [1.165, 1.54) is 0 Å². The summed E-state index contributed by atoms with van der Waals surface area (Å²) in [5.41, 5.74) is 0. The fourth-order valence-corrected chi connectivity index (χ4v) is 16.5. The molecule has 3 unspecified atom stereocenters. The molecule has 0 saturated carbocycles. The minimum Gasteiger partial charge on any atom is -0.428 e. The molecule has 0 amide bonds. The van der Waals surface area contributed by atoms with Crippen molar-refractivity contribution in [2.75, 3.05) is 0 Å². The van der Waals surface area contributed by atoms with Gasteiger partial charge in [0.25, 0.3) is 0 Å². The molecule has 0 bridgehead atoms. The number of hydrogen-bond donors (Lipinski definition) is 0. The molecule has 2 saturated heterocycles. The van der Waals surface area contributed by atoms with Crippen molar-refractivity contribution in [2.24, 2.45) is 0 Å². The highest BCUT2D eigenvalue weighted by Gasteiger charge is 2.58. The molecule has 2 fully saturated rings. The highest BCUT2D eigenvalue weighted by atomic mass is 28.3. The third kappa shape index (κ3) is 14.1. The Labute approximate surface area is 264 Å². The summed E-state index contributed by atoms with van der Waals surface area (Å²) in [5, 5.41) is 0. The first-order valence-corrected chi connectivity index (χ1v) is 28.9. The normalized spacial score (nSPS) is 29.4. The minimum atomic E-state index is -2.71. The Morgan fingerprint density at radius 2 is 0.927 bits per heavy atom. The van der Waals surface area contributed by atoms with Gasteiger partial charge in [-0.2, -0.15) is 0 Å². The van der Waals surface area contributed by atoms with Gasteiger partial charge >= 0.3 is 30.3 Å². The Morgan fingerprint density at radius 3 is 1.27 bits per heavy atom. The van der Waals surface area contributed by atoms with Crippen LogP contribution in [0.15, 0.2) is 0 Å². The summed E-state index contributed by atoms with van der Waals surface area (Å²) in [6.45, 7) is 38.2. The SMILES string of the molecule is CC1(C)[O][Al]([O]C(C)(C)OC(C)(C[Si](C)(C)C)[O][Al]2[O]C(C)(C)OC(C)(C[Si](C)(C)C)[O]2)[O]C(C)(C[Si](C)(C)C)O1. The lowest BCUT2D eigenvalue weighted by Crippen LogP contribution is -2.62. The second kappa shape index (κ2) is 12.5. The maximum atomic E-state index is 6.76. The average Bonchev–Trinajstić information content (AvgIpc) is 2.48. The van der Waals surface area contributed by atoms with Crippen molar-refractivity contribution in [1.29, 1.82) is 0 Å².